The van der Waals surface area contributed by atoms with Gasteiger partial charge in [0, 0.05) is 13.1 Å². The summed E-state index contributed by atoms with van der Waals surface area (Å²) in [6.07, 6.45) is 1.43. The van der Waals surface area contributed by atoms with Gasteiger partial charge in [-0.25, -0.2) is 0 Å². The molecule has 0 aliphatic carbocycles. The summed E-state index contributed by atoms with van der Waals surface area (Å²) >= 11 is 0. The average Bonchev–Trinajstić information content (AvgIpc) is 1.85. The molecule has 1 aliphatic rings. The third-order valence-corrected chi connectivity index (χ3v) is 2.82. The lowest BCUT2D eigenvalue weighted by molar-refractivity contribution is 0.131. The number of hydrogen-bond acceptors (Lipinski definition) is 1. The van der Waals surface area contributed by atoms with Gasteiger partial charge in [-0.05, 0) is 31.2 Å². The van der Waals surface area contributed by atoms with Crippen LogP contribution in [0.2, 0.25) is 0 Å². The lowest BCUT2D eigenvalue weighted by Crippen LogP contribution is -2.38. The van der Waals surface area contributed by atoms with Crippen molar-refractivity contribution in [2.45, 2.75) is 27.2 Å². The summed E-state index contributed by atoms with van der Waals surface area (Å²) in [5.41, 5.74) is 0. The molecule has 0 bridgehead atoms. The lowest BCUT2D eigenvalue weighted by Gasteiger charge is -2.36. The molecule has 0 aromatic carbocycles. The topological polar surface area (TPSA) is 3.24 Å². The molecule has 1 rings (SSSR count). The lowest BCUT2D eigenvalue weighted by atomic mass is 9.83. The zero-order valence-electron chi connectivity index (χ0n) is 8.30. The fourth-order valence-electron chi connectivity index (χ4n) is 2.16. The minimum Gasteiger partial charge on any atom is -0.306 e. The van der Waals surface area contributed by atoms with E-state index in [9.17, 15) is 0 Å². The van der Waals surface area contributed by atoms with E-state index in [1.54, 1.807) is 0 Å². The Labute approximate surface area is 70.8 Å². The van der Waals surface area contributed by atoms with E-state index in [1.807, 2.05) is 0 Å². The Morgan fingerprint density at radius 1 is 1.27 bits per heavy atom. The summed E-state index contributed by atoms with van der Waals surface area (Å²) in [6, 6.07) is 0. The highest BCUT2D eigenvalue weighted by molar-refractivity contribution is 4.76. The van der Waals surface area contributed by atoms with Crippen molar-refractivity contribution < 1.29 is 0 Å². The summed E-state index contributed by atoms with van der Waals surface area (Å²) < 4.78 is 0. The first-order chi connectivity index (χ1) is 5.09. The summed E-state index contributed by atoms with van der Waals surface area (Å²) in [4.78, 5) is 2.47. The molecule has 0 radical (unpaired) electrons. The highest BCUT2D eigenvalue weighted by Gasteiger charge is 2.24. The van der Waals surface area contributed by atoms with Crippen molar-refractivity contribution in [3.63, 3.8) is 0 Å². The number of likely N-dealkylation sites (tertiary alicyclic amines) is 1. The van der Waals surface area contributed by atoms with Crippen LogP contribution in [0.5, 0.6) is 0 Å². The Morgan fingerprint density at radius 2 is 1.91 bits per heavy atom. The molecule has 0 N–H and O–H groups in total. The van der Waals surface area contributed by atoms with Crippen molar-refractivity contribution in [2.75, 3.05) is 20.1 Å². The molecule has 1 nitrogen and oxygen atoms in total. The average molecular weight is 155 g/mol. The Morgan fingerprint density at radius 3 is 2.36 bits per heavy atom. The van der Waals surface area contributed by atoms with Crippen LogP contribution in [0.3, 0.4) is 0 Å². The first-order valence-electron chi connectivity index (χ1n) is 4.78. The molecule has 66 valence electrons. The molecule has 0 saturated carbocycles. The van der Waals surface area contributed by atoms with Crippen LogP contribution in [0.1, 0.15) is 27.2 Å². The van der Waals surface area contributed by atoms with Gasteiger partial charge in [-0.2, -0.15) is 0 Å². The van der Waals surface area contributed by atoms with Gasteiger partial charge in [0.25, 0.3) is 0 Å². The van der Waals surface area contributed by atoms with Crippen LogP contribution in [0.4, 0.5) is 0 Å². The third-order valence-electron chi connectivity index (χ3n) is 2.82. The molecule has 1 heterocycles. The fraction of sp³-hybridized carbons (Fsp3) is 1.00. The Hall–Kier alpha value is -0.0400. The maximum atomic E-state index is 2.47. The van der Waals surface area contributed by atoms with Crippen LogP contribution in [-0.2, 0) is 0 Å². The van der Waals surface area contributed by atoms with Crippen LogP contribution in [-0.4, -0.2) is 25.0 Å². The van der Waals surface area contributed by atoms with Gasteiger partial charge in [0.05, 0.1) is 0 Å². The molecule has 0 unspecified atom stereocenters. The van der Waals surface area contributed by atoms with E-state index in [2.05, 4.69) is 32.7 Å². The Kier molecular flexibility index (Phi) is 2.94. The summed E-state index contributed by atoms with van der Waals surface area (Å²) in [6.45, 7) is 9.66. The molecule has 0 amide bonds. The molecule has 1 aliphatic heterocycles. The zero-order valence-corrected chi connectivity index (χ0v) is 8.30. The van der Waals surface area contributed by atoms with Gasteiger partial charge in [0.2, 0.25) is 0 Å². The van der Waals surface area contributed by atoms with Crippen LogP contribution < -0.4 is 0 Å². The second kappa shape index (κ2) is 3.57. The van der Waals surface area contributed by atoms with Crippen molar-refractivity contribution in [1.29, 1.82) is 0 Å². The molecular weight excluding hydrogens is 134 g/mol. The molecule has 0 aromatic heterocycles. The van der Waals surface area contributed by atoms with Gasteiger partial charge >= 0.3 is 0 Å². The minimum absolute atomic E-state index is 0.861. The molecule has 1 fully saturated rings. The summed E-state index contributed by atoms with van der Waals surface area (Å²) in [5, 5.41) is 0. The molecule has 0 spiro atoms. The highest BCUT2D eigenvalue weighted by Crippen LogP contribution is 2.25. The van der Waals surface area contributed by atoms with Crippen molar-refractivity contribution in [3.8, 4) is 0 Å². The van der Waals surface area contributed by atoms with E-state index >= 15 is 0 Å². The molecule has 1 heteroatoms. The van der Waals surface area contributed by atoms with Crippen LogP contribution in [0, 0.1) is 17.8 Å². The number of rotatable bonds is 1. The van der Waals surface area contributed by atoms with Gasteiger partial charge in [-0.15, -0.1) is 0 Å². The summed E-state index contributed by atoms with van der Waals surface area (Å²) in [7, 11) is 2.24. The van der Waals surface area contributed by atoms with E-state index in [0.29, 0.717) is 0 Å². The smallest absolute Gasteiger partial charge is 0.000927 e. The predicted molar refractivity (Wildman–Crippen MR) is 49.6 cm³/mol. The highest BCUT2D eigenvalue weighted by atomic mass is 15.1. The maximum Gasteiger partial charge on any atom is 0.000927 e. The normalized spacial score (nSPS) is 34.6. The van der Waals surface area contributed by atoms with Gasteiger partial charge < -0.3 is 4.90 Å². The standard InChI is InChI=1S/C10H21N/c1-8(2)10-5-9(3)6-11(4)7-10/h8-10H,5-7H2,1-4H3/t9-,10+/m0/s1. The first kappa shape index (κ1) is 9.05. The zero-order chi connectivity index (χ0) is 8.43. The van der Waals surface area contributed by atoms with Crippen LogP contribution in [0.25, 0.3) is 0 Å². The van der Waals surface area contributed by atoms with Crippen molar-refractivity contribution >= 4 is 0 Å². The van der Waals surface area contributed by atoms with E-state index in [4.69, 9.17) is 0 Å². The number of hydrogen-bond donors (Lipinski definition) is 0. The Bertz CT molecular complexity index is 110. The second-order valence-electron chi connectivity index (χ2n) is 4.57. The van der Waals surface area contributed by atoms with Gasteiger partial charge in [0.1, 0.15) is 0 Å². The number of piperidine rings is 1. The van der Waals surface area contributed by atoms with E-state index in [1.165, 1.54) is 19.5 Å². The molecule has 2 atom stereocenters. The monoisotopic (exact) mass is 155 g/mol. The van der Waals surface area contributed by atoms with Gasteiger partial charge in [-0.3, -0.25) is 0 Å². The summed E-state index contributed by atoms with van der Waals surface area (Å²) in [5.74, 6) is 2.70. The largest absolute Gasteiger partial charge is 0.306 e. The van der Waals surface area contributed by atoms with Gasteiger partial charge in [0.15, 0.2) is 0 Å². The fourth-order valence-corrected chi connectivity index (χ4v) is 2.16. The van der Waals surface area contributed by atoms with E-state index < -0.39 is 0 Å². The quantitative estimate of drug-likeness (QED) is 0.561. The van der Waals surface area contributed by atoms with Crippen molar-refractivity contribution in [3.05, 3.63) is 0 Å². The second-order valence-corrected chi connectivity index (χ2v) is 4.57. The van der Waals surface area contributed by atoms with Crippen molar-refractivity contribution in [2.24, 2.45) is 17.8 Å². The Balaban J connectivity index is 2.43. The number of nitrogens with zero attached hydrogens (tertiary/aromatic N) is 1. The molecule has 11 heavy (non-hydrogen) atoms. The third kappa shape index (κ3) is 2.48. The van der Waals surface area contributed by atoms with Crippen LogP contribution >= 0.6 is 0 Å². The molecular formula is C10H21N. The first-order valence-corrected chi connectivity index (χ1v) is 4.78. The SMILES string of the molecule is CC(C)[C@@H]1C[C@H](C)CN(C)C1. The predicted octanol–water partition coefficient (Wildman–Crippen LogP) is 2.23. The molecule has 0 aromatic rings. The maximum absolute atomic E-state index is 2.47. The van der Waals surface area contributed by atoms with Crippen molar-refractivity contribution in [1.82, 2.24) is 4.90 Å². The van der Waals surface area contributed by atoms with E-state index in [0.717, 1.165) is 17.8 Å². The minimum atomic E-state index is 0.861. The van der Waals surface area contributed by atoms with Gasteiger partial charge in [-0.1, -0.05) is 20.8 Å². The molecule has 1 saturated heterocycles. The van der Waals surface area contributed by atoms with E-state index in [-0.39, 0.29) is 0 Å². The van der Waals surface area contributed by atoms with Crippen LogP contribution in [0.15, 0.2) is 0 Å².